The van der Waals surface area contributed by atoms with E-state index < -0.39 is 17.9 Å². The predicted molar refractivity (Wildman–Crippen MR) is 70.9 cm³/mol. The van der Waals surface area contributed by atoms with Crippen LogP contribution in [-0.2, 0) is 14.3 Å². The first-order chi connectivity index (χ1) is 8.45. The summed E-state index contributed by atoms with van der Waals surface area (Å²) >= 11 is 9.07. The van der Waals surface area contributed by atoms with Crippen LogP contribution in [0.3, 0.4) is 0 Å². The number of esters is 1. The van der Waals surface area contributed by atoms with Gasteiger partial charge < -0.3 is 9.47 Å². The van der Waals surface area contributed by atoms with Crippen LogP contribution < -0.4 is 4.74 Å². The van der Waals surface area contributed by atoms with E-state index >= 15 is 0 Å². The number of hydrogen-bond acceptors (Lipinski definition) is 4. The summed E-state index contributed by atoms with van der Waals surface area (Å²) in [5, 5.41) is 0.444. The quantitative estimate of drug-likeness (QED) is 0.613. The Bertz CT molecular complexity index is 461. The van der Waals surface area contributed by atoms with Crippen molar-refractivity contribution in [3.8, 4) is 5.75 Å². The van der Waals surface area contributed by atoms with E-state index in [0.29, 0.717) is 15.2 Å². The molecule has 0 heterocycles. The van der Waals surface area contributed by atoms with Gasteiger partial charge in [0.2, 0.25) is 0 Å². The topological polar surface area (TPSA) is 52.6 Å². The van der Waals surface area contributed by atoms with Crippen LogP contribution in [0.4, 0.5) is 0 Å². The third-order valence-electron chi connectivity index (χ3n) is 2.01. The van der Waals surface area contributed by atoms with Gasteiger partial charge in [0.05, 0.1) is 11.1 Å². The lowest BCUT2D eigenvalue weighted by Gasteiger charge is -2.16. The molecule has 1 unspecified atom stereocenters. The van der Waals surface area contributed by atoms with Crippen LogP contribution in [0.2, 0.25) is 5.02 Å². The maximum Gasteiger partial charge on any atom is 0.355 e. The third-order valence-corrected chi connectivity index (χ3v) is 2.90. The van der Waals surface area contributed by atoms with Gasteiger partial charge in [-0.15, -0.1) is 0 Å². The molecule has 1 aromatic rings. The maximum absolute atomic E-state index is 11.6. The normalized spacial score (nSPS) is 11.8. The van der Waals surface area contributed by atoms with Crippen molar-refractivity contribution in [3.05, 3.63) is 27.7 Å². The molecule has 0 aliphatic carbocycles. The van der Waals surface area contributed by atoms with Gasteiger partial charge in [-0.1, -0.05) is 11.6 Å². The highest BCUT2D eigenvalue weighted by Crippen LogP contribution is 2.29. The van der Waals surface area contributed by atoms with E-state index in [4.69, 9.17) is 21.1 Å². The van der Waals surface area contributed by atoms with E-state index in [-0.39, 0.29) is 6.61 Å². The Kier molecular flexibility index (Phi) is 5.62. The molecule has 0 saturated heterocycles. The summed E-state index contributed by atoms with van der Waals surface area (Å²) in [5.41, 5.74) is 0. The van der Waals surface area contributed by atoms with Crippen molar-refractivity contribution in [3.63, 3.8) is 0 Å². The SMILES string of the molecule is CCOC(=O)C(Oc1cc(Cl)ccc1Br)C(C)=O. The molecule has 0 aliphatic heterocycles. The molecule has 0 N–H and O–H groups in total. The van der Waals surface area contributed by atoms with E-state index in [1.807, 2.05) is 0 Å². The van der Waals surface area contributed by atoms with E-state index in [0.717, 1.165) is 0 Å². The molecule has 0 aromatic heterocycles. The first-order valence-electron chi connectivity index (χ1n) is 5.24. The molecule has 0 fully saturated rings. The molecule has 0 saturated carbocycles. The molecule has 0 amide bonds. The van der Waals surface area contributed by atoms with Gasteiger partial charge >= 0.3 is 5.97 Å². The number of carbonyl (C=O) groups is 2. The number of ketones is 1. The lowest BCUT2D eigenvalue weighted by molar-refractivity contribution is -0.155. The molecular formula is C12H12BrClO4. The summed E-state index contributed by atoms with van der Waals surface area (Å²) in [6.07, 6.45) is -1.28. The van der Waals surface area contributed by atoms with Crippen LogP contribution in [0.15, 0.2) is 22.7 Å². The van der Waals surface area contributed by atoms with Crippen molar-refractivity contribution >= 4 is 39.3 Å². The van der Waals surface area contributed by atoms with Gasteiger partial charge in [0.1, 0.15) is 5.75 Å². The minimum Gasteiger partial charge on any atom is -0.470 e. The highest BCUT2D eigenvalue weighted by Gasteiger charge is 2.27. The maximum atomic E-state index is 11.6. The Labute approximate surface area is 118 Å². The van der Waals surface area contributed by atoms with Crippen LogP contribution in [0.1, 0.15) is 13.8 Å². The number of Topliss-reactive ketones (excluding diaryl/α,β-unsaturated/α-hetero) is 1. The minimum atomic E-state index is -1.28. The Morgan fingerprint density at radius 3 is 2.67 bits per heavy atom. The lowest BCUT2D eigenvalue weighted by Crippen LogP contribution is -2.35. The van der Waals surface area contributed by atoms with E-state index in [9.17, 15) is 9.59 Å². The number of rotatable bonds is 5. The second-order valence-electron chi connectivity index (χ2n) is 3.44. The van der Waals surface area contributed by atoms with Crippen molar-refractivity contribution in [1.29, 1.82) is 0 Å². The highest BCUT2D eigenvalue weighted by atomic mass is 79.9. The van der Waals surface area contributed by atoms with Crippen molar-refractivity contribution in [1.82, 2.24) is 0 Å². The van der Waals surface area contributed by atoms with Crippen LogP contribution in [-0.4, -0.2) is 24.5 Å². The molecule has 18 heavy (non-hydrogen) atoms. The predicted octanol–water partition coefficient (Wildman–Crippen LogP) is 3.00. The van der Waals surface area contributed by atoms with Crippen molar-refractivity contribution in [2.45, 2.75) is 20.0 Å². The summed E-state index contributed by atoms with van der Waals surface area (Å²) in [6, 6.07) is 4.84. The highest BCUT2D eigenvalue weighted by molar-refractivity contribution is 9.10. The van der Waals surface area contributed by atoms with Gasteiger partial charge in [-0.25, -0.2) is 4.79 Å². The van der Waals surface area contributed by atoms with E-state index in [1.165, 1.54) is 13.0 Å². The van der Waals surface area contributed by atoms with E-state index in [1.54, 1.807) is 19.1 Å². The van der Waals surface area contributed by atoms with Crippen molar-refractivity contribution in [2.24, 2.45) is 0 Å². The average molecular weight is 336 g/mol. The smallest absolute Gasteiger partial charge is 0.355 e. The molecule has 0 radical (unpaired) electrons. The molecule has 98 valence electrons. The average Bonchev–Trinajstić information content (AvgIpc) is 2.30. The first kappa shape index (κ1) is 15.0. The summed E-state index contributed by atoms with van der Waals surface area (Å²) < 4.78 is 10.7. The molecule has 0 spiro atoms. The summed E-state index contributed by atoms with van der Waals surface area (Å²) in [5.74, 6) is -0.826. The van der Waals surface area contributed by atoms with Crippen molar-refractivity contribution < 1.29 is 19.1 Å². The number of ether oxygens (including phenoxy) is 2. The molecule has 1 aromatic carbocycles. The van der Waals surface area contributed by atoms with Crippen LogP contribution in [0, 0.1) is 0 Å². The molecule has 4 nitrogen and oxygen atoms in total. The van der Waals surface area contributed by atoms with Gasteiger partial charge in [-0.05, 0) is 48.0 Å². The first-order valence-corrected chi connectivity index (χ1v) is 6.41. The van der Waals surface area contributed by atoms with Gasteiger partial charge in [0, 0.05) is 5.02 Å². The number of carbonyl (C=O) groups excluding carboxylic acids is 2. The fraction of sp³-hybridized carbons (Fsp3) is 0.333. The summed E-state index contributed by atoms with van der Waals surface area (Å²) in [4.78, 5) is 23.0. The van der Waals surface area contributed by atoms with Crippen LogP contribution in [0.5, 0.6) is 5.75 Å². The zero-order chi connectivity index (χ0) is 13.7. The zero-order valence-corrected chi connectivity index (χ0v) is 12.2. The Morgan fingerprint density at radius 1 is 1.44 bits per heavy atom. The summed E-state index contributed by atoms with van der Waals surface area (Å²) in [6.45, 7) is 3.10. The van der Waals surface area contributed by atoms with Gasteiger partial charge in [0.25, 0.3) is 6.10 Å². The monoisotopic (exact) mass is 334 g/mol. The Balaban J connectivity index is 2.93. The number of hydrogen-bond donors (Lipinski definition) is 0. The van der Waals surface area contributed by atoms with Gasteiger partial charge in [-0.2, -0.15) is 0 Å². The molecule has 6 heteroatoms. The molecule has 1 atom stereocenters. The largest absolute Gasteiger partial charge is 0.470 e. The lowest BCUT2D eigenvalue weighted by atomic mass is 10.2. The minimum absolute atomic E-state index is 0.183. The third kappa shape index (κ3) is 3.99. The summed E-state index contributed by atoms with van der Waals surface area (Å²) in [7, 11) is 0. The second kappa shape index (κ2) is 6.75. The second-order valence-corrected chi connectivity index (χ2v) is 4.73. The van der Waals surface area contributed by atoms with E-state index in [2.05, 4.69) is 15.9 Å². The van der Waals surface area contributed by atoms with Crippen LogP contribution >= 0.6 is 27.5 Å². The van der Waals surface area contributed by atoms with Gasteiger partial charge in [-0.3, -0.25) is 4.79 Å². The van der Waals surface area contributed by atoms with Crippen LogP contribution in [0.25, 0.3) is 0 Å². The molecular weight excluding hydrogens is 323 g/mol. The number of benzene rings is 1. The molecule has 0 aliphatic rings. The standard InChI is InChI=1S/C12H12BrClO4/c1-3-17-12(16)11(7(2)15)18-10-6-8(14)4-5-9(10)13/h4-6,11H,3H2,1-2H3. The fourth-order valence-corrected chi connectivity index (χ4v) is 1.71. The Hall–Kier alpha value is -1.07. The van der Waals surface area contributed by atoms with Gasteiger partial charge in [0.15, 0.2) is 5.78 Å². The fourth-order valence-electron chi connectivity index (χ4n) is 1.21. The Morgan fingerprint density at radius 2 is 2.11 bits per heavy atom. The van der Waals surface area contributed by atoms with Crippen molar-refractivity contribution in [2.75, 3.05) is 6.61 Å². The zero-order valence-electron chi connectivity index (χ0n) is 9.91. The molecule has 1 rings (SSSR count). The number of halogens is 2. The molecule has 0 bridgehead atoms.